The summed E-state index contributed by atoms with van der Waals surface area (Å²) in [7, 11) is 1.88. The Bertz CT molecular complexity index is 512. The molecule has 0 aliphatic carbocycles. The highest BCUT2D eigenvalue weighted by molar-refractivity contribution is 5.30. The molecule has 0 radical (unpaired) electrons. The number of hydrogen-bond acceptors (Lipinski definition) is 2. The van der Waals surface area contributed by atoms with E-state index in [4.69, 9.17) is 5.11 Å². The number of aliphatic hydroxyl groups excluding tert-OH is 1. The lowest BCUT2D eigenvalue weighted by atomic mass is 10.3. The predicted molar refractivity (Wildman–Crippen MR) is 75.2 cm³/mol. The molecule has 0 spiro atoms. The van der Waals surface area contributed by atoms with Gasteiger partial charge >= 0.3 is 0 Å². The molecule has 1 heterocycles. The topological polar surface area (TPSA) is 47.2 Å². The number of hydrogen-bond donors (Lipinski definition) is 1. The summed E-state index contributed by atoms with van der Waals surface area (Å²) >= 11 is 0. The van der Waals surface area contributed by atoms with Crippen LogP contribution >= 0.6 is 0 Å². The second kappa shape index (κ2) is 7.50. The molecule has 0 aliphatic rings. The predicted octanol–water partition coefficient (Wildman–Crippen LogP) is 2.12. The van der Waals surface area contributed by atoms with Gasteiger partial charge in [0.15, 0.2) is 0 Å². The molecular formula is C14H22N2O2. The van der Waals surface area contributed by atoms with Gasteiger partial charge in [-0.3, -0.25) is 9.48 Å². The first kappa shape index (κ1) is 16.2. The molecule has 0 amide bonds. The van der Waals surface area contributed by atoms with Crippen molar-refractivity contribution < 1.29 is 5.11 Å². The Balaban J connectivity index is 0.000000660. The smallest absolute Gasteiger partial charge is 0.271 e. The molecule has 1 aromatic carbocycles. The molecule has 0 unspecified atom stereocenters. The summed E-state index contributed by atoms with van der Waals surface area (Å²) in [5.41, 5.74) is 1.86. The normalized spacial score (nSPS) is 9.11. The maximum absolute atomic E-state index is 11.6. The lowest BCUT2D eigenvalue weighted by molar-refractivity contribution is 0.318. The number of nitrogens with zero attached hydrogens (tertiary/aromatic N) is 2. The highest BCUT2D eigenvalue weighted by atomic mass is 16.2. The minimum atomic E-state index is 0. The highest BCUT2D eigenvalue weighted by Crippen LogP contribution is 2.04. The van der Waals surface area contributed by atoms with Crippen LogP contribution in [0, 0.1) is 6.92 Å². The maximum atomic E-state index is 11.6. The van der Waals surface area contributed by atoms with E-state index in [-0.39, 0.29) is 19.6 Å². The molecule has 0 bridgehead atoms. The fourth-order valence-electron chi connectivity index (χ4n) is 1.51. The zero-order valence-corrected chi connectivity index (χ0v) is 10.4. The number of aryl methyl sites for hydroxylation is 1. The Kier molecular flexibility index (Phi) is 6.75. The van der Waals surface area contributed by atoms with Crippen LogP contribution in [0.1, 0.15) is 20.0 Å². The summed E-state index contributed by atoms with van der Waals surface area (Å²) in [6.45, 7) is 3.85. The Morgan fingerprint density at radius 1 is 1.22 bits per heavy atom. The van der Waals surface area contributed by atoms with Gasteiger partial charge in [-0.15, -0.1) is 0 Å². The second-order valence-corrected chi connectivity index (χ2v) is 3.61. The number of para-hydroxylation sites is 1. The van der Waals surface area contributed by atoms with Gasteiger partial charge in [-0.1, -0.05) is 25.6 Å². The summed E-state index contributed by atoms with van der Waals surface area (Å²) in [6, 6.07) is 11.2. The number of aromatic nitrogens is 2. The first-order chi connectivity index (χ1) is 8.11. The van der Waals surface area contributed by atoms with Crippen molar-refractivity contribution in [2.45, 2.75) is 21.3 Å². The molecule has 1 aromatic heterocycles. The van der Waals surface area contributed by atoms with Crippen LogP contribution in [-0.2, 0) is 7.05 Å². The van der Waals surface area contributed by atoms with E-state index in [1.165, 1.54) is 0 Å². The maximum Gasteiger partial charge on any atom is 0.271 e. The average Bonchev–Trinajstić information content (AvgIpc) is 2.55. The molecule has 4 heteroatoms. The van der Waals surface area contributed by atoms with E-state index < -0.39 is 0 Å². The van der Waals surface area contributed by atoms with Crippen LogP contribution in [0.3, 0.4) is 0 Å². The van der Waals surface area contributed by atoms with E-state index in [1.54, 1.807) is 17.7 Å². The highest BCUT2D eigenvalue weighted by Gasteiger charge is 2.05. The van der Waals surface area contributed by atoms with Crippen molar-refractivity contribution in [1.82, 2.24) is 9.36 Å². The lowest BCUT2D eigenvalue weighted by Gasteiger charge is -2.07. The monoisotopic (exact) mass is 250 g/mol. The van der Waals surface area contributed by atoms with Gasteiger partial charge in [-0.25, -0.2) is 4.68 Å². The van der Waals surface area contributed by atoms with Crippen molar-refractivity contribution in [3.05, 3.63) is 52.4 Å². The lowest BCUT2D eigenvalue weighted by Crippen LogP contribution is -2.18. The summed E-state index contributed by atoms with van der Waals surface area (Å²) in [5.74, 6) is 0. The van der Waals surface area contributed by atoms with Crippen molar-refractivity contribution >= 4 is 0 Å². The van der Waals surface area contributed by atoms with Gasteiger partial charge in [-0.2, -0.15) is 0 Å². The van der Waals surface area contributed by atoms with Gasteiger partial charge in [0.2, 0.25) is 0 Å². The number of benzene rings is 1. The fraction of sp³-hybridized carbons (Fsp3) is 0.357. The van der Waals surface area contributed by atoms with Crippen LogP contribution in [0.25, 0.3) is 5.69 Å². The Morgan fingerprint density at radius 3 is 2.11 bits per heavy atom. The first-order valence-electron chi connectivity index (χ1n) is 5.53. The third-order valence-corrected chi connectivity index (χ3v) is 2.35. The first-order valence-corrected chi connectivity index (χ1v) is 5.53. The van der Waals surface area contributed by atoms with Crippen LogP contribution in [0.2, 0.25) is 0 Å². The summed E-state index contributed by atoms with van der Waals surface area (Å²) in [6.07, 6.45) is 0. The quantitative estimate of drug-likeness (QED) is 0.842. The van der Waals surface area contributed by atoms with Gasteiger partial charge in [0.25, 0.3) is 5.56 Å². The molecule has 0 fully saturated rings. The van der Waals surface area contributed by atoms with Crippen molar-refractivity contribution in [1.29, 1.82) is 0 Å². The minimum Gasteiger partial charge on any atom is -0.397 e. The molecule has 4 nitrogen and oxygen atoms in total. The second-order valence-electron chi connectivity index (χ2n) is 3.61. The van der Waals surface area contributed by atoms with Gasteiger partial charge in [0, 0.05) is 25.4 Å². The van der Waals surface area contributed by atoms with E-state index in [1.807, 2.05) is 49.0 Å². The Hall–Kier alpha value is -1.81. The van der Waals surface area contributed by atoms with E-state index in [0.717, 1.165) is 11.4 Å². The largest absolute Gasteiger partial charge is 0.397 e. The Morgan fingerprint density at radius 2 is 1.72 bits per heavy atom. The average molecular weight is 250 g/mol. The third kappa shape index (κ3) is 3.60. The van der Waals surface area contributed by atoms with Crippen LogP contribution in [0.5, 0.6) is 0 Å². The van der Waals surface area contributed by atoms with Gasteiger partial charge in [-0.05, 0) is 26.0 Å². The third-order valence-electron chi connectivity index (χ3n) is 2.35. The molecule has 100 valence electrons. The van der Waals surface area contributed by atoms with Crippen LogP contribution < -0.4 is 5.56 Å². The molecule has 18 heavy (non-hydrogen) atoms. The Labute approximate surface area is 108 Å². The molecule has 0 saturated heterocycles. The van der Waals surface area contributed by atoms with Crippen LogP contribution in [0.15, 0.2) is 41.2 Å². The molecular weight excluding hydrogens is 228 g/mol. The van der Waals surface area contributed by atoms with Crippen molar-refractivity contribution in [2.75, 3.05) is 6.61 Å². The summed E-state index contributed by atoms with van der Waals surface area (Å²) < 4.78 is 3.49. The van der Waals surface area contributed by atoms with Gasteiger partial charge in [0.1, 0.15) is 0 Å². The molecule has 2 rings (SSSR count). The zero-order valence-electron chi connectivity index (χ0n) is 10.4. The zero-order chi connectivity index (χ0) is 12.8. The van der Waals surface area contributed by atoms with E-state index >= 15 is 0 Å². The number of aliphatic hydroxyl groups is 1. The molecule has 2 aromatic rings. The molecule has 0 atom stereocenters. The van der Waals surface area contributed by atoms with Crippen molar-refractivity contribution in [2.24, 2.45) is 7.05 Å². The summed E-state index contributed by atoms with van der Waals surface area (Å²) in [5, 5.41) is 7.57. The van der Waals surface area contributed by atoms with E-state index in [0.29, 0.717) is 0 Å². The van der Waals surface area contributed by atoms with E-state index in [9.17, 15) is 4.79 Å². The van der Waals surface area contributed by atoms with Gasteiger partial charge in [0.05, 0.1) is 5.69 Å². The van der Waals surface area contributed by atoms with Gasteiger partial charge < -0.3 is 5.11 Å². The standard InChI is InChI=1S/C11H12N2O.C2H6O.CH4/c1-9-8-11(14)13(12(9)2)10-6-4-3-5-7-10;1-2-3;/h3-8H,1-2H3;3H,2H2,1H3;1H4. The summed E-state index contributed by atoms with van der Waals surface area (Å²) in [4.78, 5) is 11.6. The molecule has 1 N–H and O–H groups in total. The fourth-order valence-corrected chi connectivity index (χ4v) is 1.51. The van der Waals surface area contributed by atoms with Crippen LogP contribution in [-0.4, -0.2) is 21.1 Å². The van der Waals surface area contributed by atoms with E-state index in [2.05, 4.69) is 0 Å². The molecule has 0 saturated carbocycles. The van der Waals surface area contributed by atoms with Crippen molar-refractivity contribution in [3.63, 3.8) is 0 Å². The minimum absolute atomic E-state index is 0. The SMILES string of the molecule is C.CCO.Cc1cc(=O)n(-c2ccccc2)n1C. The van der Waals surface area contributed by atoms with Crippen molar-refractivity contribution in [3.8, 4) is 5.69 Å². The molecule has 0 aliphatic heterocycles. The number of rotatable bonds is 1. The van der Waals surface area contributed by atoms with Crippen LogP contribution in [0.4, 0.5) is 0 Å².